The smallest absolute Gasteiger partial charge is 0.0406 e. The summed E-state index contributed by atoms with van der Waals surface area (Å²) in [4.78, 5) is 0. The fraction of sp³-hybridized carbons (Fsp3) is 0.143. The maximum atomic E-state index is 5.96. The Kier molecular flexibility index (Phi) is 4.04. The van der Waals surface area contributed by atoms with Gasteiger partial charge in [0.1, 0.15) is 0 Å². The van der Waals surface area contributed by atoms with E-state index >= 15 is 0 Å². The molecule has 0 amide bonds. The highest BCUT2D eigenvalue weighted by Crippen LogP contribution is 2.30. The van der Waals surface area contributed by atoms with Crippen LogP contribution in [0.5, 0.6) is 0 Å². The molecular formula is C21H19Cl. The van der Waals surface area contributed by atoms with E-state index in [1.54, 1.807) is 0 Å². The van der Waals surface area contributed by atoms with Crippen molar-refractivity contribution in [3.8, 4) is 22.3 Å². The summed E-state index contributed by atoms with van der Waals surface area (Å²) in [5.41, 5.74) is 8.94. The molecule has 1 heteroatoms. The van der Waals surface area contributed by atoms with Crippen LogP contribution in [0.3, 0.4) is 0 Å². The molecule has 0 atom stereocenters. The van der Waals surface area contributed by atoms with E-state index < -0.39 is 0 Å². The van der Waals surface area contributed by atoms with Crippen molar-refractivity contribution in [2.75, 3.05) is 0 Å². The molecule has 0 aliphatic heterocycles. The summed E-state index contributed by atoms with van der Waals surface area (Å²) in [6.45, 7) is 6.48. The van der Waals surface area contributed by atoms with Crippen LogP contribution in [0.15, 0.2) is 60.7 Å². The minimum atomic E-state index is 0.771. The average molecular weight is 307 g/mol. The van der Waals surface area contributed by atoms with Crippen LogP contribution in [0.25, 0.3) is 22.3 Å². The van der Waals surface area contributed by atoms with Gasteiger partial charge in [0.25, 0.3) is 0 Å². The van der Waals surface area contributed by atoms with Crippen LogP contribution in [0.4, 0.5) is 0 Å². The van der Waals surface area contributed by atoms with Crippen LogP contribution in [-0.2, 0) is 0 Å². The van der Waals surface area contributed by atoms with E-state index in [4.69, 9.17) is 11.6 Å². The molecule has 0 heterocycles. The lowest BCUT2D eigenvalue weighted by Gasteiger charge is -2.11. The summed E-state index contributed by atoms with van der Waals surface area (Å²) in [6, 6.07) is 21.3. The van der Waals surface area contributed by atoms with E-state index in [9.17, 15) is 0 Å². The topological polar surface area (TPSA) is 0 Å². The van der Waals surface area contributed by atoms with E-state index in [1.807, 2.05) is 12.1 Å². The van der Waals surface area contributed by atoms with Crippen LogP contribution in [0, 0.1) is 20.8 Å². The molecule has 22 heavy (non-hydrogen) atoms. The third-order valence-corrected chi connectivity index (χ3v) is 4.47. The van der Waals surface area contributed by atoms with Crippen LogP contribution >= 0.6 is 11.6 Å². The van der Waals surface area contributed by atoms with Crippen molar-refractivity contribution in [1.29, 1.82) is 0 Å². The lowest BCUT2D eigenvalue weighted by Crippen LogP contribution is -1.88. The van der Waals surface area contributed by atoms with E-state index in [0.717, 1.165) is 5.02 Å². The van der Waals surface area contributed by atoms with E-state index in [-0.39, 0.29) is 0 Å². The number of halogens is 1. The quantitative estimate of drug-likeness (QED) is 0.500. The molecule has 0 spiro atoms. The zero-order valence-electron chi connectivity index (χ0n) is 13.2. The van der Waals surface area contributed by atoms with Crippen molar-refractivity contribution in [2.24, 2.45) is 0 Å². The molecule has 0 aliphatic carbocycles. The van der Waals surface area contributed by atoms with Crippen molar-refractivity contribution in [3.05, 3.63) is 82.4 Å². The number of aryl methyl sites for hydroxylation is 3. The predicted octanol–water partition coefficient (Wildman–Crippen LogP) is 6.60. The first-order valence-corrected chi connectivity index (χ1v) is 7.86. The molecule has 0 radical (unpaired) electrons. The van der Waals surface area contributed by atoms with Gasteiger partial charge in [-0.2, -0.15) is 0 Å². The molecule has 110 valence electrons. The zero-order valence-corrected chi connectivity index (χ0v) is 13.9. The van der Waals surface area contributed by atoms with E-state index in [1.165, 1.54) is 38.9 Å². The Balaban J connectivity index is 2.01. The molecule has 0 saturated carbocycles. The highest BCUT2D eigenvalue weighted by molar-refractivity contribution is 6.30. The van der Waals surface area contributed by atoms with E-state index in [0.29, 0.717) is 0 Å². The molecule has 0 N–H and O–H groups in total. The van der Waals surface area contributed by atoms with Gasteiger partial charge in [0.2, 0.25) is 0 Å². The van der Waals surface area contributed by atoms with Crippen molar-refractivity contribution < 1.29 is 0 Å². The summed E-state index contributed by atoms with van der Waals surface area (Å²) < 4.78 is 0. The van der Waals surface area contributed by atoms with Gasteiger partial charge in [0.15, 0.2) is 0 Å². The van der Waals surface area contributed by atoms with Gasteiger partial charge in [-0.25, -0.2) is 0 Å². The van der Waals surface area contributed by atoms with Gasteiger partial charge in [-0.05, 0) is 71.8 Å². The third kappa shape index (κ3) is 2.93. The molecule has 0 bridgehead atoms. The van der Waals surface area contributed by atoms with Gasteiger partial charge in [-0.15, -0.1) is 0 Å². The first-order valence-electron chi connectivity index (χ1n) is 7.49. The molecule has 3 aromatic carbocycles. The van der Waals surface area contributed by atoms with Crippen LogP contribution < -0.4 is 0 Å². The van der Waals surface area contributed by atoms with Gasteiger partial charge < -0.3 is 0 Å². The van der Waals surface area contributed by atoms with Gasteiger partial charge in [0, 0.05) is 5.02 Å². The maximum Gasteiger partial charge on any atom is 0.0406 e. The van der Waals surface area contributed by atoms with Crippen molar-refractivity contribution in [1.82, 2.24) is 0 Å². The molecule has 0 aliphatic rings. The summed E-state index contributed by atoms with van der Waals surface area (Å²) in [6.07, 6.45) is 0. The Morgan fingerprint density at radius 2 is 1.14 bits per heavy atom. The number of benzene rings is 3. The second-order valence-electron chi connectivity index (χ2n) is 5.84. The van der Waals surface area contributed by atoms with Crippen LogP contribution in [0.1, 0.15) is 16.7 Å². The Morgan fingerprint density at radius 3 is 1.77 bits per heavy atom. The first kappa shape index (κ1) is 14.9. The highest BCUT2D eigenvalue weighted by atomic mass is 35.5. The second-order valence-corrected chi connectivity index (χ2v) is 6.27. The molecule has 0 nitrogen and oxygen atoms in total. The number of hydrogen-bond acceptors (Lipinski definition) is 0. The summed E-state index contributed by atoms with van der Waals surface area (Å²) in [5, 5.41) is 0.771. The molecule has 0 unspecified atom stereocenters. The zero-order chi connectivity index (χ0) is 15.7. The lowest BCUT2D eigenvalue weighted by atomic mass is 9.94. The number of hydrogen-bond donors (Lipinski definition) is 0. The predicted molar refractivity (Wildman–Crippen MR) is 96.5 cm³/mol. The Hall–Kier alpha value is -2.05. The Bertz CT molecular complexity index is 814. The first-order chi connectivity index (χ1) is 10.5. The fourth-order valence-electron chi connectivity index (χ4n) is 2.72. The van der Waals surface area contributed by atoms with Gasteiger partial charge in [-0.1, -0.05) is 60.1 Å². The molecule has 3 aromatic rings. The Morgan fingerprint density at radius 1 is 0.545 bits per heavy atom. The van der Waals surface area contributed by atoms with E-state index in [2.05, 4.69) is 69.3 Å². The maximum absolute atomic E-state index is 5.96. The lowest BCUT2D eigenvalue weighted by molar-refractivity contribution is 1.33. The standard InChI is InChI=1S/C21H19Cl/c1-14-4-5-19(12-15(14)2)21-11-8-18(13-16(21)3)17-6-9-20(22)10-7-17/h4-13H,1-3H3. The van der Waals surface area contributed by atoms with Crippen molar-refractivity contribution in [3.63, 3.8) is 0 Å². The summed E-state index contributed by atoms with van der Waals surface area (Å²) in [7, 11) is 0. The molecule has 0 aromatic heterocycles. The molecular weight excluding hydrogens is 288 g/mol. The average Bonchev–Trinajstić information content (AvgIpc) is 2.51. The van der Waals surface area contributed by atoms with Crippen LogP contribution in [-0.4, -0.2) is 0 Å². The Labute approximate surface area is 137 Å². The molecule has 3 rings (SSSR count). The molecule has 0 saturated heterocycles. The SMILES string of the molecule is Cc1ccc(-c2ccc(-c3ccc(Cl)cc3)cc2C)cc1C. The third-order valence-electron chi connectivity index (χ3n) is 4.22. The minimum absolute atomic E-state index is 0.771. The van der Waals surface area contributed by atoms with Gasteiger partial charge >= 0.3 is 0 Å². The van der Waals surface area contributed by atoms with Crippen molar-refractivity contribution in [2.45, 2.75) is 20.8 Å². The fourth-order valence-corrected chi connectivity index (χ4v) is 2.84. The van der Waals surface area contributed by atoms with Crippen LogP contribution in [0.2, 0.25) is 5.02 Å². The van der Waals surface area contributed by atoms with Crippen molar-refractivity contribution >= 4 is 11.6 Å². The largest absolute Gasteiger partial charge is 0.0843 e. The summed E-state index contributed by atoms with van der Waals surface area (Å²) >= 11 is 5.96. The summed E-state index contributed by atoms with van der Waals surface area (Å²) in [5.74, 6) is 0. The number of rotatable bonds is 2. The highest BCUT2D eigenvalue weighted by Gasteiger charge is 2.06. The monoisotopic (exact) mass is 306 g/mol. The second kappa shape index (κ2) is 5.98. The minimum Gasteiger partial charge on any atom is -0.0843 e. The molecule has 0 fully saturated rings. The normalized spacial score (nSPS) is 10.7. The van der Waals surface area contributed by atoms with Gasteiger partial charge in [-0.3, -0.25) is 0 Å². The van der Waals surface area contributed by atoms with Gasteiger partial charge in [0.05, 0.1) is 0 Å².